The Balaban J connectivity index is 1.73. The largest absolute Gasteiger partial charge is 0.416 e. The van der Waals surface area contributed by atoms with Crippen molar-refractivity contribution >= 4 is 11.9 Å². The predicted octanol–water partition coefficient (Wildman–Crippen LogP) is 6.26. The van der Waals surface area contributed by atoms with Crippen molar-refractivity contribution < 1.29 is 17.6 Å². The summed E-state index contributed by atoms with van der Waals surface area (Å²) in [5.41, 5.74) is 1.37. The molecule has 140 valence electrons. The fraction of sp³-hybridized carbons (Fsp3) is 0.150. The third kappa shape index (κ3) is 4.87. The van der Waals surface area contributed by atoms with Crippen LogP contribution in [0, 0.1) is 5.82 Å². The van der Waals surface area contributed by atoms with Gasteiger partial charge in [0.25, 0.3) is 0 Å². The van der Waals surface area contributed by atoms with E-state index in [1.54, 1.807) is 18.2 Å². The molecule has 0 aliphatic heterocycles. The molecule has 0 aliphatic carbocycles. The number of nitrogens with one attached hydrogen (secondary N) is 1. The van der Waals surface area contributed by atoms with Gasteiger partial charge in [-0.2, -0.15) is 13.2 Å². The van der Waals surface area contributed by atoms with E-state index in [2.05, 4.69) is 9.71 Å². The third-order valence-corrected chi connectivity index (χ3v) is 4.95. The van der Waals surface area contributed by atoms with E-state index < -0.39 is 17.6 Å². The summed E-state index contributed by atoms with van der Waals surface area (Å²) in [4.78, 5) is 4.21. The summed E-state index contributed by atoms with van der Waals surface area (Å²) < 4.78 is 55.5. The number of halogens is 4. The van der Waals surface area contributed by atoms with Crippen LogP contribution in [0.1, 0.15) is 24.1 Å². The molecule has 2 nitrogen and oxygen atoms in total. The molecule has 3 rings (SSSR count). The molecule has 3 aromatic rings. The molecular formula is C20H16F4N2S. The van der Waals surface area contributed by atoms with E-state index in [0.29, 0.717) is 16.0 Å². The zero-order valence-corrected chi connectivity index (χ0v) is 15.1. The van der Waals surface area contributed by atoms with Gasteiger partial charge in [-0.05, 0) is 60.3 Å². The lowest BCUT2D eigenvalue weighted by Crippen LogP contribution is -2.11. The molecule has 1 atom stereocenters. The summed E-state index contributed by atoms with van der Waals surface area (Å²) in [6, 6.07) is 13.9. The summed E-state index contributed by atoms with van der Waals surface area (Å²) in [6.45, 7) is 1.89. The smallest absolute Gasteiger partial charge is 0.262 e. The van der Waals surface area contributed by atoms with Crippen LogP contribution in [0.25, 0.3) is 11.1 Å². The van der Waals surface area contributed by atoms with E-state index >= 15 is 0 Å². The van der Waals surface area contributed by atoms with Gasteiger partial charge in [0.15, 0.2) is 0 Å². The minimum atomic E-state index is -4.37. The van der Waals surface area contributed by atoms with Gasteiger partial charge in [0.05, 0.1) is 11.8 Å². The Bertz CT molecular complexity index is 928. The van der Waals surface area contributed by atoms with E-state index in [0.717, 1.165) is 35.8 Å². The lowest BCUT2D eigenvalue weighted by atomic mass is 10.0. The van der Waals surface area contributed by atoms with Crippen LogP contribution < -0.4 is 4.72 Å². The fourth-order valence-corrected chi connectivity index (χ4v) is 3.33. The van der Waals surface area contributed by atoms with Crippen LogP contribution in [0.4, 0.5) is 17.6 Å². The topological polar surface area (TPSA) is 24.9 Å². The second-order valence-electron chi connectivity index (χ2n) is 5.95. The van der Waals surface area contributed by atoms with Crippen LogP contribution in [0.2, 0.25) is 0 Å². The van der Waals surface area contributed by atoms with Crippen LogP contribution in [0.5, 0.6) is 0 Å². The van der Waals surface area contributed by atoms with Gasteiger partial charge in [-0.25, -0.2) is 4.39 Å². The maximum Gasteiger partial charge on any atom is 0.416 e. The highest BCUT2D eigenvalue weighted by Gasteiger charge is 2.30. The maximum atomic E-state index is 13.9. The van der Waals surface area contributed by atoms with Crippen molar-refractivity contribution in [1.29, 1.82) is 0 Å². The van der Waals surface area contributed by atoms with Crippen LogP contribution in [0.15, 0.2) is 71.9 Å². The molecule has 0 aliphatic rings. The first-order chi connectivity index (χ1) is 12.8. The molecular weight excluding hydrogens is 376 g/mol. The molecule has 1 aromatic heterocycles. The first kappa shape index (κ1) is 19.4. The summed E-state index contributed by atoms with van der Waals surface area (Å²) in [5.74, 6) is -0.409. The zero-order valence-electron chi connectivity index (χ0n) is 14.3. The van der Waals surface area contributed by atoms with E-state index in [-0.39, 0.29) is 6.04 Å². The number of alkyl halides is 3. The van der Waals surface area contributed by atoms with Gasteiger partial charge < -0.3 is 0 Å². The highest BCUT2D eigenvalue weighted by molar-refractivity contribution is 7.97. The van der Waals surface area contributed by atoms with Crippen molar-refractivity contribution in [1.82, 2.24) is 9.71 Å². The molecule has 1 unspecified atom stereocenters. The number of pyridine rings is 1. The minimum absolute atomic E-state index is 0.158. The standard InChI is InChI=1S/C20H16F4N2S/c1-13(26-27-17-7-3-6-16(11-17)20(22,23)24)14-4-2-5-15(10-14)18-8-9-25-12-19(18)21/h2-13,26H,1H3. The van der Waals surface area contributed by atoms with Crippen LogP contribution in [0.3, 0.4) is 0 Å². The summed E-state index contributed by atoms with van der Waals surface area (Å²) >= 11 is 1.12. The molecule has 0 saturated carbocycles. The predicted molar refractivity (Wildman–Crippen MR) is 98.5 cm³/mol. The van der Waals surface area contributed by atoms with Crippen LogP contribution in [-0.2, 0) is 6.18 Å². The quantitative estimate of drug-likeness (QED) is 0.409. The highest BCUT2D eigenvalue weighted by Crippen LogP contribution is 2.32. The Hall–Kier alpha value is -2.38. The fourth-order valence-electron chi connectivity index (χ4n) is 2.55. The van der Waals surface area contributed by atoms with Gasteiger partial charge in [0.1, 0.15) is 5.82 Å². The number of hydrogen-bond acceptors (Lipinski definition) is 3. The van der Waals surface area contributed by atoms with Crippen molar-refractivity contribution in [3.8, 4) is 11.1 Å². The van der Waals surface area contributed by atoms with Crippen molar-refractivity contribution in [2.24, 2.45) is 0 Å². The number of benzene rings is 2. The monoisotopic (exact) mass is 392 g/mol. The first-order valence-corrected chi connectivity index (χ1v) is 8.96. The molecule has 1 N–H and O–H groups in total. The molecule has 0 amide bonds. The number of hydrogen-bond donors (Lipinski definition) is 1. The first-order valence-electron chi connectivity index (χ1n) is 8.14. The summed E-state index contributed by atoms with van der Waals surface area (Å²) in [7, 11) is 0. The second-order valence-corrected chi connectivity index (χ2v) is 6.86. The Labute approximate surface area is 158 Å². The molecule has 0 radical (unpaired) electrons. The molecule has 27 heavy (non-hydrogen) atoms. The lowest BCUT2D eigenvalue weighted by molar-refractivity contribution is -0.137. The number of rotatable bonds is 5. The van der Waals surface area contributed by atoms with Gasteiger partial charge in [0, 0.05) is 22.7 Å². The average molecular weight is 392 g/mol. The van der Waals surface area contributed by atoms with E-state index in [1.807, 2.05) is 25.1 Å². The van der Waals surface area contributed by atoms with Gasteiger partial charge in [-0.15, -0.1) is 0 Å². The molecule has 7 heteroatoms. The minimum Gasteiger partial charge on any atom is -0.262 e. The van der Waals surface area contributed by atoms with Crippen molar-refractivity contribution in [2.75, 3.05) is 0 Å². The SMILES string of the molecule is CC(NSc1cccc(C(F)(F)F)c1)c1cccc(-c2ccncc2F)c1. The average Bonchev–Trinajstić information content (AvgIpc) is 2.66. The van der Waals surface area contributed by atoms with Gasteiger partial charge in [-0.1, -0.05) is 24.3 Å². The Morgan fingerprint density at radius 1 is 1.04 bits per heavy atom. The summed E-state index contributed by atoms with van der Waals surface area (Å²) in [6.07, 6.45) is -1.69. The molecule has 0 saturated heterocycles. The lowest BCUT2D eigenvalue weighted by Gasteiger charge is -2.15. The molecule has 2 aromatic carbocycles. The van der Waals surface area contributed by atoms with Crippen molar-refractivity contribution in [2.45, 2.75) is 24.0 Å². The van der Waals surface area contributed by atoms with E-state index in [1.165, 1.54) is 12.3 Å². The third-order valence-electron chi connectivity index (χ3n) is 3.98. The highest BCUT2D eigenvalue weighted by atomic mass is 32.2. The Kier molecular flexibility index (Phi) is 5.82. The Morgan fingerprint density at radius 2 is 1.81 bits per heavy atom. The van der Waals surface area contributed by atoms with E-state index in [9.17, 15) is 17.6 Å². The van der Waals surface area contributed by atoms with Gasteiger partial charge in [-0.3, -0.25) is 9.71 Å². The zero-order chi connectivity index (χ0) is 19.4. The molecule has 0 bridgehead atoms. The maximum absolute atomic E-state index is 13.9. The Morgan fingerprint density at radius 3 is 2.56 bits per heavy atom. The summed E-state index contributed by atoms with van der Waals surface area (Å²) in [5, 5.41) is 0. The van der Waals surface area contributed by atoms with Crippen LogP contribution >= 0.6 is 11.9 Å². The second kappa shape index (κ2) is 8.10. The van der Waals surface area contributed by atoms with Gasteiger partial charge in [0.2, 0.25) is 0 Å². The molecule has 1 heterocycles. The number of aromatic nitrogens is 1. The van der Waals surface area contributed by atoms with Crippen molar-refractivity contribution in [3.05, 3.63) is 83.9 Å². The number of nitrogens with zero attached hydrogens (tertiary/aromatic N) is 1. The molecule has 0 spiro atoms. The molecule has 0 fully saturated rings. The van der Waals surface area contributed by atoms with Crippen molar-refractivity contribution in [3.63, 3.8) is 0 Å². The van der Waals surface area contributed by atoms with Gasteiger partial charge >= 0.3 is 6.18 Å². The normalized spacial score (nSPS) is 12.8. The van der Waals surface area contributed by atoms with Crippen LogP contribution in [-0.4, -0.2) is 4.98 Å². The van der Waals surface area contributed by atoms with E-state index in [4.69, 9.17) is 0 Å².